The predicted molar refractivity (Wildman–Crippen MR) is 74.7 cm³/mol. The van der Waals surface area contributed by atoms with E-state index in [2.05, 4.69) is 0 Å². The van der Waals surface area contributed by atoms with E-state index in [9.17, 15) is 9.59 Å². The van der Waals surface area contributed by atoms with Crippen LogP contribution >= 0.6 is 0 Å². The van der Waals surface area contributed by atoms with Crippen molar-refractivity contribution in [2.45, 2.75) is 53.9 Å². The molecule has 0 fully saturated rings. The lowest BCUT2D eigenvalue weighted by molar-refractivity contribution is -0.142. The van der Waals surface area contributed by atoms with Crippen molar-refractivity contribution in [3.05, 3.63) is 11.1 Å². The maximum absolute atomic E-state index is 12.0. The van der Waals surface area contributed by atoms with Crippen molar-refractivity contribution in [3.8, 4) is 0 Å². The first-order valence-electron chi connectivity index (χ1n) is 7.04. The SMILES string of the molecule is CCCC(C(=O)OCC)=C(CC(C)C)C(=O)OCC. The van der Waals surface area contributed by atoms with Crippen LogP contribution in [0.4, 0.5) is 0 Å². The Labute approximate surface area is 116 Å². The zero-order valence-electron chi connectivity index (χ0n) is 12.7. The second kappa shape index (κ2) is 9.59. The van der Waals surface area contributed by atoms with E-state index in [4.69, 9.17) is 9.47 Å². The van der Waals surface area contributed by atoms with E-state index in [1.165, 1.54) is 0 Å². The molecule has 0 rings (SSSR count). The number of rotatable bonds is 8. The molecule has 4 nitrogen and oxygen atoms in total. The van der Waals surface area contributed by atoms with Gasteiger partial charge in [-0.3, -0.25) is 0 Å². The summed E-state index contributed by atoms with van der Waals surface area (Å²) in [5, 5.41) is 0. The molecule has 0 aliphatic carbocycles. The summed E-state index contributed by atoms with van der Waals surface area (Å²) in [4.78, 5) is 24.0. The van der Waals surface area contributed by atoms with Gasteiger partial charge >= 0.3 is 11.9 Å². The average molecular weight is 270 g/mol. The van der Waals surface area contributed by atoms with E-state index in [0.29, 0.717) is 37.2 Å². The topological polar surface area (TPSA) is 52.6 Å². The second-order valence-electron chi connectivity index (χ2n) is 4.75. The van der Waals surface area contributed by atoms with Gasteiger partial charge in [-0.2, -0.15) is 0 Å². The van der Waals surface area contributed by atoms with Crippen molar-refractivity contribution in [3.63, 3.8) is 0 Å². The van der Waals surface area contributed by atoms with Crippen LogP contribution in [0.15, 0.2) is 11.1 Å². The fourth-order valence-corrected chi connectivity index (χ4v) is 1.80. The van der Waals surface area contributed by atoms with Gasteiger partial charge in [-0.15, -0.1) is 0 Å². The molecule has 4 heteroatoms. The van der Waals surface area contributed by atoms with Crippen LogP contribution in [-0.4, -0.2) is 25.2 Å². The van der Waals surface area contributed by atoms with Crippen molar-refractivity contribution < 1.29 is 19.1 Å². The maximum Gasteiger partial charge on any atom is 0.334 e. The third kappa shape index (κ3) is 6.41. The minimum atomic E-state index is -0.396. The lowest BCUT2D eigenvalue weighted by Crippen LogP contribution is -2.18. The third-order valence-corrected chi connectivity index (χ3v) is 2.52. The molecule has 0 aliphatic rings. The van der Waals surface area contributed by atoms with Gasteiger partial charge in [0.25, 0.3) is 0 Å². The highest BCUT2D eigenvalue weighted by Crippen LogP contribution is 2.21. The van der Waals surface area contributed by atoms with E-state index >= 15 is 0 Å². The van der Waals surface area contributed by atoms with Crippen LogP contribution in [0.25, 0.3) is 0 Å². The average Bonchev–Trinajstić information content (AvgIpc) is 2.33. The minimum Gasteiger partial charge on any atom is -0.463 e. The van der Waals surface area contributed by atoms with Crippen LogP contribution in [-0.2, 0) is 19.1 Å². The van der Waals surface area contributed by atoms with Crippen LogP contribution in [0.2, 0.25) is 0 Å². The zero-order chi connectivity index (χ0) is 14.8. The van der Waals surface area contributed by atoms with E-state index in [1.54, 1.807) is 13.8 Å². The van der Waals surface area contributed by atoms with Crippen LogP contribution in [0.5, 0.6) is 0 Å². The lowest BCUT2D eigenvalue weighted by Gasteiger charge is -2.15. The highest BCUT2D eigenvalue weighted by molar-refractivity contribution is 6.00. The van der Waals surface area contributed by atoms with E-state index in [1.807, 2.05) is 20.8 Å². The molecule has 0 aromatic carbocycles. The largest absolute Gasteiger partial charge is 0.463 e. The summed E-state index contributed by atoms with van der Waals surface area (Å²) in [7, 11) is 0. The van der Waals surface area contributed by atoms with Crippen LogP contribution < -0.4 is 0 Å². The molecule has 0 spiro atoms. The van der Waals surface area contributed by atoms with Gasteiger partial charge in [-0.25, -0.2) is 9.59 Å². The summed E-state index contributed by atoms with van der Waals surface area (Å²) in [5.41, 5.74) is 0.939. The molecule has 0 unspecified atom stereocenters. The Balaban J connectivity index is 5.41. The fourth-order valence-electron chi connectivity index (χ4n) is 1.80. The van der Waals surface area contributed by atoms with Gasteiger partial charge in [0, 0.05) is 11.1 Å². The molecule has 110 valence electrons. The third-order valence-electron chi connectivity index (χ3n) is 2.52. The number of carbonyl (C=O) groups is 2. The molecule has 0 saturated heterocycles. The van der Waals surface area contributed by atoms with Crippen molar-refractivity contribution in [1.82, 2.24) is 0 Å². The molecule has 19 heavy (non-hydrogen) atoms. The molecule has 0 bridgehead atoms. The Bertz CT molecular complexity index is 329. The predicted octanol–water partition coefficient (Wildman–Crippen LogP) is 3.26. The summed E-state index contributed by atoms with van der Waals surface area (Å²) >= 11 is 0. The summed E-state index contributed by atoms with van der Waals surface area (Å²) < 4.78 is 10.1. The summed E-state index contributed by atoms with van der Waals surface area (Å²) in [5.74, 6) is -0.513. The number of carbonyl (C=O) groups excluding carboxylic acids is 2. The van der Waals surface area contributed by atoms with E-state index in [-0.39, 0.29) is 5.92 Å². The Morgan fingerprint density at radius 2 is 1.37 bits per heavy atom. The van der Waals surface area contributed by atoms with Crippen molar-refractivity contribution in [2.75, 3.05) is 13.2 Å². The molecule has 0 radical (unpaired) electrons. The van der Waals surface area contributed by atoms with Gasteiger partial charge in [0.1, 0.15) is 0 Å². The molecule has 0 saturated carbocycles. The highest BCUT2D eigenvalue weighted by atomic mass is 16.5. The van der Waals surface area contributed by atoms with Gasteiger partial charge in [0.2, 0.25) is 0 Å². The Kier molecular flexibility index (Phi) is 8.92. The minimum absolute atomic E-state index is 0.278. The van der Waals surface area contributed by atoms with Crippen LogP contribution in [0.3, 0.4) is 0 Å². The van der Waals surface area contributed by atoms with Crippen molar-refractivity contribution >= 4 is 11.9 Å². The van der Waals surface area contributed by atoms with Gasteiger partial charge in [-0.1, -0.05) is 27.2 Å². The van der Waals surface area contributed by atoms with Gasteiger partial charge < -0.3 is 9.47 Å². The number of ether oxygens (including phenoxy) is 2. The molecular weight excluding hydrogens is 244 g/mol. The maximum atomic E-state index is 12.0. The van der Waals surface area contributed by atoms with Crippen LogP contribution in [0.1, 0.15) is 53.9 Å². The number of hydrogen-bond acceptors (Lipinski definition) is 4. The normalized spacial score (nSPS) is 12.1. The first kappa shape index (κ1) is 17.7. The molecule has 0 amide bonds. The number of hydrogen-bond donors (Lipinski definition) is 0. The first-order chi connectivity index (χ1) is 8.97. The first-order valence-corrected chi connectivity index (χ1v) is 7.04. The summed E-state index contributed by atoms with van der Waals surface area (Å²) in [6, 6.07) is 0. The molecule has 0 aliphatic heterocycles. The van der Waals surface area contributed by atoms with Crippen molar-refractivity contribution in [1.29, 1.82) is 0 Å². The molecular formula is C15H26O4. The van der Waals surface area contributed by atoms with Crippen LogP contribution in [0, 0.1) is 5.92 Å². The summed E-state index contributed by atoms with van der Waals surface area (Å²) in [6.45, 7) is 10.1. The molecule has 0 aromatic rings. The molecule has 0 aromatic heterocycles. The van der Waals surface area contributed by atoms with Gasteiger partial charge in [0.05, 0.1) is 13.2 Å². The van der Waals surface area contributed by atoms with Gasteiger partial charge in [-0.05, 0) is 32.6 Å². The Hall–Kier alpha value is -1.32. The van der Waals surface area contributed by atoms with Gasteiger partial charge in [0.15, 0.2) is 0 Å². The highest BCUT2D eigenvalue weighted by Gasteiger charge is 2.23. The molecule has 0 atom stereocenters. The lowest BCUT2D eigenvalue weighted by atomic mass is 9.95. The van der Waals surface area contributed by atoms with E-state index in [0.717, 1.165) is 6.42 Å². The standard InChI is InChI=1S/C15H26O4/c1-6-9-12(14(16)18-7-2)13(10-11(4)5)15(17)19-8-3/h11H,6-10H2,1-5H3. The van der Waals surface area contributed by atoms with E-state index < -0.39 is 11.9 Å². The van der Waals surface area contributed by atoms with Crippen molar-refractivity contribution in [2.24, 2.45) is 5.92 Å². The second-order valence-corrected chi connectivity index (χ2v) is 4.75. The fraction of sp³-hybridized carbons (Fsp3) is 0.733. The number of esters is 2. The zero-order valence-corrected chi connectivity index (χ0v) is 12.7. The monoisotopic (exact) mass is 270 g/mol. The quantitative estimate of drug-likeness (QED) is 0.502. The summed E-state index contributed by atoms with van der Waals surface area (Å²) in [6.07, 6.45) is 1.86. The Morgan fingerprint density at radius 3 is 1.74 bits per heavy atom. The molecule has 0 heterocycles. The Morgan fingerprint density at radius 1 is 0.895 bits per heavy atom. The smallest absolute Gasteiger partial charge is 0.334 e. The molecule has 0 N–H and O–H groups in total.